The Labute approximate surface area is 79.4 Å². The van der Waals surface area contributed by atoms with Crippen molar-refractivity contribution in [1.82, 2.24) is 0 Å². The zero-order chi connectivity index (χ0) is 5.41. The quantitative estimate of drug-likeness (QED) is 0.495. The van der Waals surface area contributed by atoms with E-state index in [2.05, 4.69) is 32.0 Å². The molecule has 0 amide bonds. The molecule has 0 N–H and O–H groups in total. The van der Waals surface area contributed by atoms with Crippen molar-refractivity contribution in [2.45, 2.75) is 0 Å². The first-order chi connectivity index (χ1) is 2.83. The zero-order valence-electron chi connectivity index (χ0n) is 3.42. The van der Waals surface area contributed by atoms with Gasteiger partial charge in [-0.15, -0.1) is 0 Å². The Morgan fingerprint density at radius 2 is 1.00 bits per heavy atom. The second-order valence-electron chi connectivity index (χ2n) is 0.183. The van der Waals surface area contributed by atoms with Gasteiger partial charge in [0.1, 0.15) is 0 Å². The van der Waals surface area contributed by atoms with Crippen molar-refractivity contribution in [2.24, 2.45) is 0 Å². The molecule has 0 aromatic heterocycles. The van der Waals surface area contributed by atoms with Gasteiger partial charge in [0.15, 0.2) is 0 Å². The van der Waals surface area contributed by atoms with E-state index in [9.17, 15) is 0 Å². The van der Waals surface area contributed by atoms with Gasteiger partial charge in [-0.1, -0.05) is 0 Å². The first kappa shape index (κ1) is 15.7. The van der Waals surface area contributed by atoms with Crippen LogP contribution in [0.25, 0.3) is 0 Å². The molecular weight excluding hydrogens is 411 g/mol. The Morgan fingerprint density at radius 1 is 1.00 bits per heavy atom. The Hall–Kier alpha value is 0.954. The molecule has 0 unspecified atom stereocenters. The molecule has 0 aliphatic carbocycles. The molecule has 0 spiro atoms. The molecule has 2 nitrogen and oxygen atoms in total. The van der Waals surface area contributed by atoms with Gasteiger partial charge in [0.05, 0.1) is 0 Å². The Bertz CT molecular complexity index is 68.7. The molecule has 32 valence electrons. The maximum Gasteiger partial charge on any atom is 0 e. The van der Waals surface area contributed by atoms with Crippen molar-refractivity contribution >= 4 is 32.0 Å². The van der Waals surface area contributed by atoms with Crippen molar-refractivity contribution in [3.8, 4) is 9.94 Å². The first-order valence-corrected chi connectivity index (χ1v) is 2.57. The maximum absolute atomic E-state index is 7.26. The number of rotatable bonds is 0. The third-order valence-corrected chi connectivity index (χ3v) is 0. The summed E-state index contributed by atoms with van der Waals surface area (Å²) in [4.78, 5) is 3.25. The normalized spacial score (nSPS) is 2.00. The molecule has 0 aromatic rings. The van der Waals surface area contributed by atoms with Crippen LogP contribution in [0.1, 0.15) is 0 Å². The third-order valence-electron chi connectivity index (χ3n) is 0. The zero-order valence-corrected chi connectivity index (χ0v) is 12.3. The van der Waals surface area contributed by atoms with E-state index in [0.717, 1.165) is 0 Å². The molecule has 7 heavy (non-hydrogen) atoms. The number of nitriles is 2. The summed E-state index contributed by atoms with van der Waals surface area (Å²) in [6.45, 7) is 0. The Balaban J connectivity index is -0.0000000400. The minimum absolute atomic E-state index is 0. The van der Waals surface area contributed by atoms with Crippen LogP contribution in [0.5, 0.6) is 0 Å². The van der Waals surface area contributed by atoms with Crippen LogP contribution in [0.4, 0.5) is 0 Å². The van der Waals surface area contributed by atoms with E-state index in [1.165, 1.54) is 0 Å². The summed E-state index contributed by atoms with van der Waals surface area (Å²) >= 11 is 4.22. The van der Waals surface area contributed by atoms with E-state index in [0.29, 0.717) is 0 Å². The molecule has 0 aliphatic rings. The molecular formula is C2HgN2Se2. The van der Waals surface area contributed by atoms with Gasteiger partial charge in [0.25, 0.3) is 0 Å². The summed E-state index contributed by atoms with van der Waals surface area (Å²) in [7, 11) is 0. The fourth-order valence-corrected chi connectivity index (χ4v) is 0. The molecule has 0 rings (SSSR count). The van der Waals surface area contributed by atoms with Crippen LogP contribution in [-0.2, 0) is 27.7 Å². The summed E-state index contributed by atoms with van der Waals surface area (Å²) in [5.41, 5.74) is 0. The van der Waals surface area contributed by atoms with Crippen LogP contribution in [0.2, 0.25) is 0 Å². The van der Waals surface area contributed by atoms with Gasteiger partial charge in [-0.2, -0.15) is 0 Å². The molecule has 0 fully saturated rings. The number of hydrogen-bond donors (Lipinski definition) is 0. The van der Waals surface area contributed by atoms with Crippen LogP contribution in [0.15, 0.2) is 0 Å². The second kappa shape index (κ2) is 28.3. The largest absolute Gasteiger partial charge is 0 e. The van der Waals surface area contributed by atoms with Crippen molar-refractivity contribution in [3.63, 3.8) is 0 Å². The fourth-order valence-electron chi connectivity index (χ4n) is 0. The average Bonchev–Trinajstić information content (AvgIpc) is 1.39. The smallest absolute Gasteiger partial charge is 0 e. The second-order valence-corrected chi connectivity index (χ2v) is 0.949. The van der Waals surface area contributed by atoms with E-state index in [1.807, 2.05) is 0 Å². The third kappa shape index (κ3) is 188. The van der Waals surface area contributed by atoms with Crippen molar-refractivity contribution in [2.75, 3.05) is 0 Å². The monoisotopic (exact) mass is 414 g/mol. The molecule has 0 saturated heterocycles. The topological polar surface area (TPSA) is 47.6 Å². The van der Waals surface area contributed by atoms with Crippen molar-refractivity contribution in [1.29, 1.82) is 10.5 Å². The summed E-state index contributed by atoms with van der Waals surface area (Å²) in [6, 6.07) is 0. The van der Waals surface area contributed by atoms with Crippen LogP contribution in [0, 0.1) is 20.5 Å². The van der Waals surface area contributed by atoms with Crippen LogP contribution in [-0.4, -0.2) is 32.0 Å². The standard InChI is InChI=1S/2CNSe.Hg/c2*2-1-3;. The minimum atomic E-state index is 0. The van der Waals surface area contributed by atoms with Gasteiger partial charge in [-0.3, -0.25) is 0 Å². The van der Waals surface area contributed by atoms with E-state index < -0.39 is 0 Å². The fraction of sp³-hybridized carbons (Fsp3) is 0. The number of nitrogens with zero attached hydrogens (tertiary/aromatic N) is 2. The maximum atomic E-state index is 7.26. The van der Waals surface area contributed by atoms with Gasteiger partial charge >= 0.3 is 52.5 Å². The summed E-state index contributed by atoms with van der Waals surface area (Å²) in [6.07, 6.45) is 0. The van der Waals surface area contributed by atoms with Gasteiger partial charge in [-0.05, 0) is 0 Å². The molecule has 0 atom stereocenters. The molecule has 0 heterocycles. The van der Waals surface area contributed by atoms with E-state index in [1.54, 1.807) is 9.94 Å². The van der Waals surface area contributed by atoms with Crippen molar-refractivity contribution < 1.29 is 27.7 Å². The van der Waals surface area contributed by atoms with Gasteiger partial charge in [0, 0.05) is 27.7 Å². The van der Waals surface area contributed by atoms with Crippen LogP contribution in [0.3, 0.4) is 0 Å². The molecule has 0 saturated carbocycles. The average molecular weight is 411 g/mol. The van der Waals surface area contributed by atoms with E-state index in [-0.39, 0.29) is 27.7 Å². The SMILES string of the molecule is N#C[Se].N#C[Se].[Hg]. The van der Waals surface area contributed by atoms with Gasteiger partial charge < -0.3 is 0 Å². The van der Waals surface area contributed by atoms with Gasteiger partial charge in [-0.25, -0.2) is 0 Å². The molecule has 2 radical (unpaired) electrons. The van der Waals surface area contributed by atoms with Crippen LogP contribution < -0.4 is 0 Å². The van der Waals surface area contributed by atoms with E-state index >= 15 is 0 Å². The summed E-state index contributed by atoms with van der Waals surface area (Å²) < 4.78 is 0. The Morgan fingerprint density at radius 3 is 1.00 bits per heavy atom. The first-order valence-electron chi connectivity index (χ1n) is 0.855. The van der Waals surface area contributed by atoms with E-state index in [4.69, 9.17) is 10.5 Å². The number of hydrogen-bond acceptors (Lipinski definition) is 2. The van der Waals surface area contributed by atoms with Gasteiger partial charge in [0.2, 0.25) is 0 Å². The Kier molecular flexibility index (Phi) is 63.3. The molecule has 0 bridgehead atoms. The van der Waals surface area contributed by atoms with Crippen molar-refractivity contribution in [3.05, 3.63) is 0 Å². The summed E-state index contributed by atoms with van der Waals surface area (Å²) in [5.74, 6) is 0. The minimum Gasteiger partial charge on any atom is 0 e. The molecule has 5 heteroatoms. The molecule has 0 aliphatic heterocycles. The molecule has 0 aromatic carbocycles. The predicted octanol–water partition coefficient (Wildman–Crippen LogP) is -0.731. The van der Waals surface area contributed by atoms with Crippen LogP contribution >= 0.6 is 0 Å². The summed E-state index contributed by atoms with van der Waals surface area (Å²) in [5, 5.41) is 14.5. The predicted molar refractivity (Wildman–Crippen MR) is 22.7 cm³/mol.